The second kappa shape index (κ2) is 7.23. The molecule has 1 amide bonds. The van der Waals surface area contributed by atoms with Gasteiger partial charge in [0, 0.05) is 31.7 Å². The van der Waals surface area contributed by atoms with Gasteiger partial charge in [0.2, 0.25) is 15.9 Å². The first-order chi connectivity index (χ1) is 11.4. The van der Waals surface area contributed by atoms with Crippen molar-refractivity contribution in [2.45, 2.75) is 57.7 Å². The van der Waals surface area contributed by atoms with Crippen molar-refractivity contribution in [3.8, 4) is 0 Å². The minimum absolute atomic E-state index is 0.129. The number of nitrogens with zero attached hydrogens (tertiary/aromatic N) is 3. The quantitative estimate of drug-likeness (QED) is 0.858. The zero-order valence-corrected chi connectivity index (χ0v) is 15.0. The minimum Gasteiger partial charge on any atom is -0.332 e. The Labute approximate surface area is 143 Å². The van der Waals surface area contributed by atoms with Crippen LogP contribution in [0.15, 0.2) is 12.3 Å². The normalized spacial score (nSPS) is 22.4. The summed E-state index contributed by atoms with van der Waals surface area (Å²) in [4.78, 5) is 14.8. The van der Waals surface area contributed by atoms with Crippen LogP contribution < -0.4 is 4.72 Å². The van der Waals surface area contributed by atoms with E-state index in [4.69, 9.17) is 0 Å². The number of sulfonamides is 1. The zero-order chi connectivity index (χ0) is 17.2. The Kier molecular flexibility index (Phi) is 5.24. The van der Waals surface area contributed by atoms with Crippen molar-refractivity contribution < 1.29 is 13.2 Å². The van der Waals surface area contributed by atoms with Crippen LogP contribution in [0.2, 0.25) is 0 Å². The van der Waals surface area contributed by atoms with Crippen molar-refractivity contribution in [3.63, 3.8) is 0 Å². The molecule has 7 nitrogen and oxygen atoms in total. The first kappa shape index (κ1) is 17.4. The minimum atomic E-state index is -3.27. The van der Waals surface area contributed by atoms with Gasteiger partial charge in [-0.15, -0.1) is 0 Å². The summed E-state index contributed by atoms with van der Waals surface area (Å²) in [7, 11) is -3.27. The van der Waals surface area contributed by atoms with Gasteiger partial charge in [0.25, 0.3) is 0 Å². The third-order valence-electron chi connectivity index (χ3n) is 5.09. The molecule has 1 fully saturated rings. The Morgan fingerprint density at radius 1 is 1.33 bits per heavy atom. The molecule has 1 aromatic heterocycles. The summed E-state index contributed by atoms with van der Waals surface area (Å²) < 4.78 is 27.4. The van der Waals surface area contributed by atoms with Gasteiger partial charge in [0.15, 0.2) is 0 Å². The lowest BCUT2D eigenvalue weighted by atomic mass is 10.0. The number of carbonyl (C=O) groups is 1. The average molecular weight is 354 g/mol. The van der Waals surface area contributed by atoms with Gasteiger partial charge in [-0.3, -0.25) is 9.48 Å². The van der Waals surface area contributed by atoms with E-state index in [-0.39, 0.29) is 18.5 Å². The van der Waals surface area contributed by atoms with E-state index >= 15 is 0 Å². The van der Waals surface area contributed by atoms with E-state index in [0.717, 1.165) is 24.8 Å². The van der Waals surface area contributed by atoms with Gasteiger partial charge in [0.1, 0.15) is 0 Å². The molecule has 8 heteroatoms. The molecule has 3 rings (SSSR count). The molecule has 0 spiro atoms. The lowest BCUT2D eigenvalue weighted by molar-refractivity contribution is -0.135. The van der Waals surface area contributed by atoms with Crippen molar-refractivity contribution >= 4 is 15.9 Å². The summed E-state index contributed by atoms with van der Waals surface area (Å²) in [6.45, 7) is 1.47. The predicted octanol–water partition coefficient (Wildman–Crippen LogP) is 1.11. The topological polar surface area (TPSA) is 84.3 Å². The smallest absolute Gasteiger partial charge is 0.223 e. The largest absolute Gasteiger partial charge is 0.332 e. The molecule has 2 aliphatic rings. The summed E-state index contributed by atoms with van der Waals surface area (Å²) in [6.07, 6.45) is 8.86. The predicted molar refractivity (Wildman–Crippen MR) is 90.6 cm³/mol. The van der Waals surface area contributed by atoms with Gasteiger partial charge in [-0.25, -0.2) is 13.1 Å². The summed E-state index contributed by atoms with van der Waals surface area (Å²) >= 11 is 0. The van der Waals surface area contributed by atoms with Crippen molar-refractivity contribution in [3.05, 3.63) is 18.0 Å². The van der Waals surface area contributed by atoms with Crippen molar-refractivity contribution in [2.24, 2.45) is 5.92 Å². The molecule has 1 aromatic rings. The van der Waals surface area contributed by atoms with Crippen molar-refractivity contribution in [1.82, 2.24) is 19.4 Å². The third kappa shape index (κ3) is 4.36. The highest BCUT2D eigenvalue weighted by atomic mass is 32.2. The number of hydrogen-bond donors (Lipinski definition) is 1. The number of carbonyl (C=O) groups excluding carboxylic acids is 1. The summed E-state index contributed by atoms with van der Waals surface area (Å²) in [5.74, 6) is 0.617. The molecule has 24 heavy (non-hydrogen) atoms. The van der Waals surface area contributed by atoms with Crippen LogP contribution in [-0.2, 0) is 27.9 Å². The average Bonchev–Trinajstić information content (AvgIpc) is 3.13. The molecule has 1 atom stereocenters. The van der Waals surface area contributed by atoms with Gasteiger partial charge in [0.05, 0.1) is 18.5 Å². The van der Waals surface area contributed by atoms with Crippen LogP contribution in [0.25, 0.3) is 0 Å². The second-order valence-corrected chi connectivity index (χ2v) is 8.82. The van der Waals surface area contributed by atoms with E-state index in [9.17, 15) is 13.2 Å². The van der Waals surface area contributed by atoms with E-state index in [1.54, 1.807) is 6.20 Å². The molecular weight excluding hydrogens is 328 g/mol. The Balaban J connectivity index is 1.74. The van der Waals surface area contributed by atoms with E-state index in [2.05, 4.69) is 9.82 Å². The number of hydrogen-bond acceptors (Lipinski definition) is 4. The maximum absolute atomic E-state index is 12.9. The molecule has 1 N–H and O–H groups in total. The van der Waals surface area contributed by atoms with Crippen LogP contribution in [0.4, 0.5) is 0 Å². The summed E-state index contributed by atoms with van der Waals surface area (Å²) in [5.41, 5.74) is 1.01. The van der Waals surface area contributed by atoms with Crippen molar-refractivity contribution in [2.75, 3.05) is 12.8 Å². The molecular formula is C16H26N4O3S. The highest BCUT2D eigenvalue weighted by Crippen LogP contribution is 2.29. The molecule has 134 valence electrons. The Bertz CT molecular complexity index is 679. The molecule has 0 saturated heterocycles. The molecule has 2 heterocycles. The van der Waals surface area contributed by atoms with Gasteiger partial charge in [-0.1, -0.05) is 12.8 Å². The highest BCUT2D eigenvalue weighted by molar-refractivity contribution is 7.88. The lowest BCUT2D eigenvalue weighted by Gasteiger charge is -2.30. The van der Waals surface area contributed by atoms with Crippen LogP contribution in [0.1, 0.15) is 44.2 Å². The summed E-state index contributed by atoms with van der Waals surface area (Å²) in [5, 5.41) is 4.30. The van der Waals surface area contributed by atoms with Gasteiger partial charge < -0.3 is 4.90 Å². The van der Waals surface area contributed by atoms with E-state index in [1.165, 1.54) is 12.8 Å². The Morgan fingerprint density at radius 2 is 2.08 bits per heavy atom. The number of nitrogens with one attached hydrogen (secondary N) is 1. The van der Waals surface area contributed by atoms with Crippen LogP contribution in [-0.4, -0.2) is 47.8 Å². The Hall–Kier alpha value is -1.41. The van der Waals surface area contributed by atoms with Gasteiger partial charge in [-0.05, 0) is 31.2 Å². The molecule has 1 saturated carbocycles. The van der Waals surface area contributed by atoms with E-state index < -0.39 is 10.0 Å². The second-order valence-electron chi connectivity index (χ2n) is 6.99. The lowest BCUT2D eigenvalue weighted by Crippen LogP contribution is -2.46. The standard InChI is InChI=1S/C16H26N4O3S/c1-24(22,23)18-11-14-7-9-20-15(6-8-17-20)12-19(14)16(21)10-13-4-2-3-5-13/h6,8,13-14,18H,2-5,7,9-12H2,1H3. The Morgan fingerprint density at radius 3 is 2.79 bits per heavy atom. The molecule has 0 radical (unpaired) electrons. The molecule has 0 bridgehead atoms. The SMILES string of the molecule is CS(=O)(=O)NCC1CCn2nccc2CN1C(=O)CC1CCCC1. The molecule has 1 aliphatic carbocycles. The monoisotopic (exact) mass is 354 g/mol. The molecule has 1 aliphatic heterocycles. The number of aromatic nitrogens is 2. The van der Waals surface area contributed by atoms with Crippen LogP contribution in [0.3, 0.4) is 0 Å². The van der Waals surface area contributed by atoms with Gasteiger partial charge in [-0.2, -0.15) is 5.10 Å². The zero-order valence-electron chi connectivity index (χ0n) is 14.1. The highest BCUT2D eigenvalue weighted by Gasteiger charge is 2.30. The maximum atomic E-state index is 12.9. The summed E-state index contributed by atoms with van der Waals surface area (Å²) in [6, 6.07) is 1.80. The number of rotatable bonds is 5. The van der Waals surface area contributed by atoms with Crippen LogP contribution in [0.5, 0.6) is 0 Å². The van der Waals surface area contributed by atoms with E-state index in [0.29, 0.717) is 31.8 Å². The van der Waals surface area contributed by atoms with Crippen molar-refractivity contribution in [1.29, 1.82) is 0 Å². The third-order valence-corrected chi connectivity index (χ3v) is 5.78. The fourth-order valence-electron chi connectivity index (χ4n) is 3.76. The van der Waals surface area contributed by atoms with Gasteiger partial charge >= 0.3 is 0 Å². The number of amides is 1. The first-order valence-electron chi connectivity index (χ1n) is 8.67. The van der Waals surface area contributed by atoms with Crippen LogP contribution in [0, 0.1) is 5.92 Å². The first-order valence-corrected chi connectivity index (χ1v) is 10.6. The molecule has 1 unspecified atom stereocenters. The number of fused-ring (bicyclic) bond motifs is 1. The van der Waals surface area contributed by atoms with E-state index in [1.807, 2.05) is 15.6 Å². The molecule has 0 aromatic carbocycles. The number of aryl methyl sites for hydroxylation is 1. The maximum Gasteiger partial charge on any atom is 0.223 e. The van der Waals surface area contributed by atoms with Crippen LogP contribution >= 0.6 is 0 Å². The fourth-order valence-corrected chi connectivity index (χ4v) is 4.25. The fraction of sp³-hybridized carbons (Fsp3) is 0.750.